The Balaban J connectivity index is 2.01. The molecule has 0 saturated carbocycles. The lowest BCUT2D eigenvalue weighted by atomic mass is 9.87. The van der Waals surface area contributed by atoms with Crippen molar-refractivity contribution in [3.05, 3.63) is 54.1 Å². The lowest BCUT2D eigenvalue weighted by molar-refractivity contribution is 0.476. The minimum atomic E-state index is 0.339. The van der Waals surface area contributed by atoms with Crippen LogP contribution in [-0.4, -0.2) is 5.11 Å². The SMILES string of the molecule is Oc1ccc2cc(C3CC=CCC3)ccc2c1. The Bertz CT molecular complexity index is 569. The first-order chi connectivity index (χ1) is 8.33. The number of allylic oxidation sites excluding steroid dienone is 2. The van der Waals surface area contributed by atoms with Crippen molar-refractivity contribution in [2.24, 2.45) is 0 Å². The van der Waals surface area contributed by atoms with E-state index in [9.17, 15) is 5.11 Å². The van der Waals surface area contributed by atoms with Crippen molar-refractivity contribution in [3.8, 4) is 5.75 Å². The van der Waals surface area contributed by atoms with Crippen molar-refractivity contribution in [3.63, 3.8) is 0 Å². The highest BCUT2D eigenvalue weighted by Gasteiger charge is 2.12. The van der Waals surface area contributed by atoms with E-state index >= 15 is 0 Å². The molecule has 1 unspecified atom stereocenters. The monoisotopic (exact) mass is 224 g/mol. The average molecular weight is 224 g/mol. The van der Waals surface area contributed by atoms with Crippen molar-refractivity contribution in [1.82, 2.24) is 0 Å². The number of phenols is 1. The van der Waals surface area contributed by atoms with Gasteiger partial charge in [0, 0.05) is 0 Å². The van der Waals surface area contributed by atoms with Crippen molar-refractivity contribution in [2.45, 2.75) is 25.2 Å². The Labute approximate surface area is 101 Å². The van der Waals surface area contributed by atoms with Crippen LogP contribution in [0, 0.1) is 0 Å². The summed E-state index contributed by atoms with van der Waals surface area (Å²) in [6.45, 7) is 0. The van der Waals surface area contributed by atoms with Crippen LogP contribution in [0.4, 0.5) is 0 Å². The molecule has 1 N–H and O–H groups in total. The van der Waals surface area contributed by atoms with Crippen molar-refractivity contribution in [1.29, 1.82) is 0 Å². The summed E-state index contributed by atoms with van der Waals surface area (Å²) in [6.07, 6.45) is 8.16. The molecule has 3 rings (SSSR count). The van der Waals surface area contributed by atoms with E-state index in [-0.39, 0.29) is 0 Å². The van der Waals surface area contributed by atoms with Gasteiger partial charge in [-0.2, -0.15) is 0 Å². The van der Waals surface area contributed by atoms with E-state index < -0.39 is 0 Å². The van der Waals surface area contributed by atoms with Gasteiger partial charge >= 0.3 is 0 Å². The molecule has 86 valence electrons. The lowest BCUT2D eigenvalue weighted by Crippen LogP contribution is -2.00. The molecule has 1 atom stereocenters. The summed E-state index contributed by atoms with van der Waals surface area (Å²) in [7, 11) is 0. The highest BCUT2D eigenvalue weighted by Crippen LogP contribution is 2.31. The molecular weight excluding hydrogens is 208 g/mol. The summed E-state index contributed by atoms with van der Waals surface area (Å²) in [5.41, 5.74) is 1.42. The summed E-state index contributed by atoms with van der Waals surface area (Å²) < 4.78 is 0. The Morgan fingerprint density at radius 2 is 1.76 bits per heavy atom. The first-order valence-electron chi connectivity index (χ1n) is 6.20. The number of rotatable bonds is 1. The smallest absolute Gasteiger partial charge is 0.116 e. The second-order valence-electron chi connectivity index (χ2n) is 4.77. The van der Waals surface area contributed by atoms with Gasteiger partial charge in [0.1, 0.15) is 5.75 Å². The minimum absolute atomic E-state index is 0.339. The van der Waals surface area contributed by atoms with E-state index in [1.54, 1.807) is 6.07 Å². The maximum absolute atomic E-state index is 9.44. The zero-order valence-electron chi connectivity index (χ0n) is 9.76. The number of hydrogen-bond acceptors (Lipinski definition) is 1. The third-order valence-corrected chi connectivity index (χ3v) is 3.59. The van der Waals surface area contributed by atoms with Gasteiger partial charge in [0.15, 0.2) is 0 Å². The van der Waals surface area contributed by atoms with Crippen molar-refractivity contribution in [2.75, 3.05) is 0 Å². The molecular formula is C16H16O. The van der Waals surface area contributed by atoms with Gasteiger partial charge < -0.3 is 5.11 Å². The van der Waals surface area contributed by atoms with Gasteiger partial charge in [-0.15, -0.1) is 0 Å². The van der Waals surface area contributed by atoms with E-state index in [4.69, 9.17) is 0 Å². The van der Waals surface area contributed by atoms with E-state index in [0.717, 1.165) is 11.8 Å². The molecule has 1 nitrogen and oxygen atoms in total. The molecule has 0 bridgehead atoms. The van der Waals surface area contributed by atoms with Crippen LogP contribution in [0.15, 0.2) is 48.6 Å². The zero-order chi connectivity index (χ0) is 11.7. The summed E-state index contributed by atoms with van der Waals surface area (Å²) in [5.74, 6) is 1.00. The Morgan fingerprint density at radius 3 is 2.59 bits per heavy atom. The van der Waals surface area contributed by atoms with Gasteiger partial charge in [0.05, 0.1) is 0 Å². The third-order valence-electron chi connectivity index (χ3n) is 3.59. The predicted octanol–water partition coefficient (Wildman–Crippen LogP) is 4.37. The quantitative estimate of drug-likeness (QED) is 0.713. The summed E-state index contributed by atoms with van der Waals surface area (Å²) in [4.78, 5) is 0. The maximum atomic E-state index is 9.44. The van der Waals surface area contributed by atoms with Crippen LogP contribution in [0.25, 0.3) is 10.8 Å². The van der Waals surface area contributed by atoms with Crippen LogP contribution < -0.4 is 0 Å². The number of aromatic hydroxyl groups is 1. The normalized spacial score (nSPS) is 19.6. The predicted molar refractivity (Wildman–Crippen MR) is 71.3 cm³/mol. The van der Waals surface area contributed by atoms with Gasteiger partial charge in [0.2, 0.25) is 0 Å². The number of fused-ring (bicyclic) bond motifs is 1. The molecule has 0 radical (unpaired) electrons. The fraction of sp³-hybridized carbons (Fsp3) is 0.250. The van der Waals surface area contributed by atoms with E-state index in [1.807, 2.05) is 12.1 Å². The standard InChI is InChI=1S/C16H16O/c17-16-9-8-14-10-13(6-7-15(14)11-16)12-4-2-1-3-5-12/h1-2,6-12,17H,3-5H2. The van der Waals surface area contributed by atoms with Gasteiger partial charge in [-0.25, -0.2) is 0 Å². The summed E-state index contributed by atoms with van der Waals surface area (Å²) >= 11 is 0. The largest absolute Gasteiger partial charge is 0.508 e. The number of hydrogen-bond donors (Lipinski definition) is 1. The molecule has 0 amide bonds. The lowest BCUT2D eigenvalue weighted by Gasteiger charge is -2.18. The first kappa shape index (κ1) is 10.4. The highest BCUT2D eigenvalue weighted by atomic mass is 16.3. The molecule has 2 aromatic rings. The fourth-order valence-corrected chi connectivity index (χ4v) is 2.60. The highest BCUT2D eigenvalue weighted by molar-refractivity contribution is 5.84. The molecule has 1 heteroatoms. The van der Waals surface area contributed by atoms with Gasteiger partial charge in [-0.3, -0.25) is 0 Å². The molecule has 1 aliphatic carbocycles. The molecule has 0 spiro atoms. The topological polar surface area (TPSA) is 20.2 Å². The Hall–Kier alpha value is -1.76. The van der Waals surface area contributed by atoms with Crippen molar-refractivity contribution < 1.29 is 5.11 Å². The Morgan fingerprint density at radius 1 is 0.941 bits per heavy atom. The van der Waals surface area contributed by atoms with Crippen LogP contribution >= 0.6 is 0 Å². The van der Waals surface area contributed by atoms with Crippen LogP contribution in [0.3, 0.4) is 0 Å². The van der Waals surface area contributed by atoms with Crippen LogP contribution in [0.1, 0.15) is 30.7 Å². The molecule has 17 heavy (non-hydrogen) atoms. The van der Waals surface area contributed by atoms with E-state index in [1.165, 1.54) is 23.8 Å². The number of benzene rings is 2. The maximum Gasteiger partial charge on any atom is 0.116 e. The first-order valence-corrected chi connectivity index (χ1v) is 6.20. The molecule has 0 fully saturated rings. The molecule has 0 heterocycles. The second kappa shape index (κ2) is 4.25. The van der Waals surface area contributed by atoms with Crippen LogP contribution in [0.5, 0.6) is 5.75 Å². The third kappa shape index (κ3) is 2.05. The summed E-state index contributed by atoms with van der Waals surface area (Å²) in [6, 6.07) is 12.1. The average Bonchev–Trinajstić information content (AvgIpc) is 2.39. The minimum Gasteiger partial charge on any atom is -0.508 e. The fourth-order valence-electron chi connectivity index (χ4n) is 2.60. The van der Waals surface area contributed by atoms with Gasteiger partial charge in [-0.1, -0.05) is 36.4 Å². The second-order valence-corrected chi connectivity index (χ2v) is 4.77. The zero-order valence-corrected chi connectivity index (χ0v) is 9.76. The molecule has 1 aliphatic rings. The van der Waals surface area contributed by atoms with Gasteiger partial charge in [0.25, 0.3) is 0 Å². The van der Waals surface area contributed by atoms with E-state index in [0.29, 0.717) is 11.7 Å². The Kier molecular flexibility index (Phi) is 2.60. The molecule has 0 aromatic heterocycles. The molecule has 0 aliphatic heterocycles. The van der Waals surface area contributed by atoms with E-state index in [2.05, 4.69) is 30.4 Å². The molecule has 0 saturated heterocycles. The van der Waals surface area contributed by atoms with Crippen molar-refractivity contribution >= 4 is 10.8 Å². The van der Waals surface area contributed by atoms with Crippen LogP contribution in [0.2, 0.25) is 0 Å². The number of phenolic OH excluding ortho intramolecular Hbond substituents is 1. The molecule has 2 aromatic carbocycles. The summed E-state index contributed by atoms with van der Waals surface area (Å²) in [5, 5.41) is 11.8. The van der Waals surface area contributed by atoms with Crippen LogP contribution in [-0.2, 0) is 0 Å². The van der Waals surface area contributed by atoms with Gasteiger partial charge in [-0.05, 0) is 53.6 Å².